The zero-order valence-electron chi connectivity index (χ0n) is 12.4. The van der Waals surface area contributed by atoms with Gasteiger partial charge in [-0.25, -0.2) is 4.98 Å². The monoisotopic (exact) mass is 342 g/mol. The van der Waals surface area contributed by atoms with E-state index in [4.69, 9.17) is 21.1 Å². The van der Waals surface area contributed by atoms with Crippen molar-refractivity contribution in [3.8, 4) is 0 Å². The van der Waals surface area contributed by atoms with E-state index in [1.807, 2.05) is 42.0 Å². The minimum atomic E-state index is -0.570. The van der Waals surface area contributed by atoms with E-state index in [2.05, 4.69) is 4.98 Å². The molecule has 1 saturated heterocycles. The zero-order chi connectivity index (χ0) is 14.7. The van der Waals surface area contributed by atoms with Crippen LogP contribution in [0, 0.1) is 0 Å². The highest BCUT2D eigenvalue weighted by Gasteiger charge is 2.39. The summed E-state index contributed by atoms with van der Waals surface area (Å²) in [6.07, 6.45) is 7.30. The van der Waals surface area contributed by atoms with Gasteiger partial charge >= 0.3 is 0 Å². The lowest BCUT2D eigenvalue weighted by Gasteiger charge is -2.28. The van der Waals surface area contributed by atoms with Gasteiger partial charge in [0.15, 0.2) is 5.79 Å². The number of rotatable bonds is 5. The molecule has 1 fully saturated rings. The van der Waals surface area contributed by atoms with E-state index >= 15 is 0 Å². The summed E-state index contributed by atoms with van der Waals surface area (Å²) >= 11 is 5.92. The van der Waals surface area contributed by atoms with Gasteiger partial charge in [0.05, 0.1) is 25.6 Å². The molecular weight excluding hydrogens is 323 g/mol. The standard InChI is InChI=1S/C16H19ClN2O2.ClH/c1-13-10-20-16(21-13,11-19-9-8-18-12-19)7-6-14-2-4-15(17)5-3-14;/h2-5,8-9,12-13H,6-7,10-11H2,1H3;1H/t13-,16+;/m1./s1. The Hall–Kier alpha value is -1.07. The van der Waals surface area contributed by atoms with Gasteiger partial charge < -0.3 is 14.0 Å². The van der Waals surface area contributed by atoms with Crippen LogP contribution in [0.2, 0.25) is 5.02 Å². The molecule has 1 aliphatic heterocycles. The van der Waals surface area contributed by atoms with Crippen molar-refractivity contribution in [1.29, 1.82) is 0 Å². The normalized spacial score (nSPS) is 24.2. The third-order valence-electron chi connectivity index (χ3n) is 3.69. The lowest BCUT2D eigenvalue weighted by atomic mass is 10.0. The predicted octanol–water partition coefficient (Wildman–Crippen LogP) is 3.72. The maximum Gasteiger partial charge on any atom is 0.187 e. The van der Waals surface area contributed by atoms with E-state index in [1.54, 1.807) is 12.5 Å². The molecule has 1 aliphatic rings. The molecule has 1 aromatic heterocycles. The van der Waals surface area contributed by atoms with Crippen LogP contribution < -0.4 is 0 Å². The highest BCUT2D eigenvalue weighted by molar-refractivity contribution is 6.30. The maximum absolute atomic E-state index is 6.07. The predicted molar refractivity (Wildman–Crippen MR) is 88.5 cm³/mol. The molecule has 0 aliphatic carbocycles. The first-order chi connectivity index (χ1) is 10.2. The molecule has 0 spiro atoms. The van der Waals surface area contributed by atoms with Crippen molar-refractivity contribution in [2.45, 2.75) is 38.2 Å². The minimum absolute atomic E-state index is 0. The molecule has 0 unspecified atom stereocenters. The van der Waals surface area contributed by atoms with Crippen LogP contribution in [0.25, 0.3) is 0 Å². The second kappa shape index (κ2) is 7.47. The molecule has 0 saturated carbocycles. The number of ether oxygens (including phenoxy) is 2. The van der Waals surface area contributed by atoms with Gasteiger partial charge in [0.2, 0.25) is 0 Å². The summed E-state index contributed by atoms with van der Waals surface area (Å²) < 4.78 is 14.0. The van der Waals surface area contributed by atoms with Crippen LogP contribution in [0.15, 0.2) is 43.0 Å². The van der Waals surface area contributed by atoms with Crippen LogP contribution in [-0.2, 0) is 22.4 Å². The van der Waals surface area contributed by atoms with Crippen LogP contribution in [0.5, 0.6) is 0 Å². The first kappa shape index (κ1) is 17.3. The maximum atomic E-state index is 6.07. The summed E-state index contributed by atoms with van der Waals surface area (Å²) in [5.41, 5.74) is 1.23. The van der Waals surface area contributed by atoms with Crippen molar-refractivity contribution in [2.24, 2.45) is 0 Å². The molecule has 0 radical (unpaired) electrons. The number of imidazole rings is 1. The molecule has 4 nitrogen and oxygen atoms in total. The molecule has 0 N–H and O–H groups in total. The van der Waals surface area contributed by atoms with Gasteiger partial charge in [-0.3, -0.25) is 0 Å². The van der Waals surface area contributed by atoms with Crippen molar-refractivity contribution < 1.29 is 9.47 Å². The van der Waals surface area contributed by atoms with Gasteiger partial charge in [-0.15, -0.1) is 12.4 Å². The van der Waals surface area contributed by atoms with E-state index in [0.717, 1.165) is 17.9 Å². The van der Waals surface area contributed by atoms with Gasteiger partial charge in [-0.05, 0) is 31.0 Å². The molecule has 2 heterocycles. The van der Waals surface area contributed by atoms with Gasteiger partial charge in [-0.2, -0.15) is 0 Å². The molecule has 22 heavy (non-hydrogen) atoms. The molecule has 2 aromatic rings. The van der Waals surface area contributed by atoms with Crippen molar-refractivity contribution in [2.75, 3.05) is 6.61 Å². The number of benzene rings is 1. The summed E-state index contributed by atoms with van der Waals surface area (Å²) in [5.74, 6) is -0.570. The zero-order valence-corrected chi connectivity index (χ0v) is 14.0. The van der Waals surface area contributed by atoms with Crippen LogP contribution in [-0.4, -0.2) is 28.0 Å². The second-order valence-corrected chi connectivity index (χ2v) is 5.95. The summed E-state index contributed by atoms with van der Waals surface area (Å²) in [5, 5.41) is 0.758. The van der Waals surface area contributed by atoms with Crippen molar-refractivity contribution in [1.82, 2.24) is 9.55 Å². The minimum Gasteiger partial charge on any atom is -0.345 e. The molecule has 6 heteroatoms. The van der Waals surface area contributed by atoms with Gasteiger partial charge in [-0.1, -0.05) is 23.7 Å². The van der Waals surface area contributed by atoms with E-state index in [9.17, 15) is 0 Å². The SMILES string of the molecule is C[C@@H]1CO[C@](CCc2ccc(Cl)cc2)(Cn2ccnc2)O1.Cl. The van der Waals surface area contributed by atoms with Crippen molar-refractivity contribution in [3.05, 3.63) is 53.6 Å². The highest BCUT2D eigenvalue weighted by Crippen LogP contribution is 2.30. The van der Waals surface area contributed by atoms with E-state index < -0.39 is 5.79 Å². The quantitative estimate of drug-likeness (QED) is 0.830. The molecule has 0 amide bonds. The molecule has 0 bridgehead atoms. The van der Waals surface area contributed by atoms with Gasteiger partial charge in [0, 0.05) is 23.8 Å². The van der Waals surface area contributed by atoms with Gasteiger partial charge in [0.1, 0.15) is 0 Å². The summed E-state index contributed by atoms with van der Waals surface area (Å²) in [6.45, 7) is 3.33. The second-order valence-electron chi connectivity index (χ2n) is 5.51. The largest absolute Gasteiger partial charge is 0.345 e. The van der Waals surface area contributed by atoms with E-state index in [-0.39, 0.29) is 18.5 Å². The smallest absolute Gasteiger partial charge is 0.187 e. The fraction of sp³-hybridized carbons (Fsp3) is 0.438. The van der Waals surface area contributed by atoms with Crippen molar-refractivity contribution >= 4 is 24.0 Å². The molecular formula is C16H20Cl2N2O2. The van der Waals surface area contributed by atoms with E-state index in [0.29, 0.717) is 13.2 Å². The average molecular weight is 343 g/mol. The summed E-state index contributed by atoms with van der Waals surface area (Å²) in [4.78, 5) is 4.08. The Kier molecular flexibility index (Phi) is 5.87. The fourth-order valence-electron chi connectivity index (χ4n) is 2.64. The number of halogens is 2. The van der Waals surface area contributed by atoms with Crippen LogP contribution in [0.3, 0.4) is 0 Å². The molecule has 1 aromatic carbocycles. The third kappa shape index (κ3) is 4.23. The van der Waals surface area contributed by atoms with Crippen LogP contribution in [0.4, 0.5) is 0 Å². The summed E-state index contributed by atoms with van der Waals surface area (Å²) in [6, 6.07) is 7.92. The first-order valence-corrected chi connectivity index (χ1v) is 7.55. The van der Waals surface area contributed by atoms with Crippen molar-refractivity contribution in [3.63, 3.8) is 0 Å². The first-order valence-electron chi connectivity index (χ1n) is 7.17. The Balaban J connectivity index is 0.00000176. The Bertz CT molecular complexity index is 574. The average Bonchev–Trinajstić information content (AvgIpc) is 3.09. The molecule has 120 valence electrons. The lowest BCUT2D eigenvalue weighted by molar-refractivity contribution is -0.180. The molecule has 2 atom stereocenters. The van der Waals surface area contributed by atoms with E-state index in [1.165, 1.54) is 5.56 Å². The highest BCUT2D eigenvalue weighted by atomic mass is 35.5. The topological polar surface area (TPSA) is 36.3 Å². The Morgan fingerprint density at radius 3 is 2.73 bits per heavy atom. The number of nitrogens with zero attached hydrogens (tertiary/aromatic N) is 2. The number of aromatic nitrogens is 2. The fourth-order valence-corrected chi connectivity index (χ4v) is 2.77. The van der Waals surface area contributed by atoms with Crippen LogP contribution in [0.1, 0.15) is 18.9 Å². The number of hydrogen-bond donors (Lipinski definition) is 0. The Morgan fingerprint density at radius 2 is 2.14 bits per heavy atom. The van der Waals surface area contributed by atoms with Gasteiger partial charge in [0.25, 0.3) is 0 Å². The number of aryl methyl sites for hydroxylation is 1. The lowest BCUT2D eigenvalue weighted by Crippen LogP contribution is -2.36. The van der Waals surface area contributed by atoms with Crippen LogP contribution >= 0.6 is 24.0 Å². The number of hydrogen-bond acceptors (Lipinski definition) is 3. The Labute approximate surface area is 141 Å². The Morgan fingerprint density at radius 1 is 1.36 bits per heavy atom. The summed E-state index contributed by atoms with van der Waals surface area (Å²) in [7, 11) is 0. The molecule has 3 rings (SSSR count). The third-order valence-corrected chi connectivity index (χ3v) is 3.94.